The lowest BCUT2D eigenvalue weighted by molar-refractivity contribution is 0.170. The molecule has 20 heavy (non-hydrogen) atoms. The van der Waals surface area contributed by atoms with E-state index in [9.17, 15) is 4.39 Å². The summed E-state index contributed by atoms with van der Waals surface area (Å²) in [7, 11) is 0. The van der Waals surface area contributed by atoms with Gasteiger partial charge in [-0.25, -0.2) is 4.39 Å². The van der Waals surface area contributed by atoms with Crippen LogP contribution in [-0.2, 0) is 5.41 Å². The molecule has 1 fully saturated rings. The smallest absolute Gasteiger partial charge is 0.231 e. The summed E-state index contributed by atoms with van der Waals surface area (Å²) in [6.07, 6.45) is 4.67. The van der Waals surface area contributed by atoms with Crippen molar-refractivity contribution in [3.63, 3.8) is 0 Å². The number of nitrogens with two attached hydrogens (primary N) is 1. The van der Waals surface area contributed by atoms with E-state index in [2.05, 4.69) is 0 Å². The zero-order valence-corrected chi connectivity index (χ0v) is 12.0. The number of halogens is 1. The molecule has 0 amide bonds. The standard InChI is InChI=1S/C16H22FNO2/c1-11(17)12-7-13(15-14(8-12)19-10-20-15)16(9-18)5-3-2-4-6-16/h7-8,11H,2-6,9-10,18H2,1H3. The number of hydrogen-bond acceptors (Lipinski definition) is 3. The van der Waals surface area contributed by atoms with Crippen molar-refractivity contribution in [1.82, 2.24) is 0 Å². The molecule has 0 spiro atoms. The van der Waals surface area contributed by atoms with Crippen molar-refractivity contribution in [3.8, 4) is 11.5 Å². The molecule has 3 rings (SSSR count). The average molecular weight is 279 g/mol. The minimum Gasteiger partial charge on any atom is -0.454 e. The van der Waals surface area contributed by atoms with Gasteiger partial charge in [-0.1, -0.05) is 19.3 Å². The first-order chi connectivity index (χ1) is 9.66. The van der Waals surface area contributed by atoms with E-state index in [1.165, 1.54) is 19.3 Å². The molecule has 1 aliphatic heterocycles. The van der Waals surface area contributed by atoms with Gasteiger partial charge < -0.3 is 15.2 Å². The van der Waals surface area contributed by atoms with Gasteiger partial charge in [0.15, 0.2) is 11.5 Å². The number of alkyl halides is 1. The van der Waals surface area contributed by atoms with Gasteiger partial charge in [0.2, 0.25) is 6.79 Å². The van der Waals surface area contributed by atoms with E-state index in [1.807, 2.05) is 6.07 Å². The Morgan fingerprint density at radius 1 is 1.25 bits per heavy atom. The van der Waals surface area contributed by atoms with Crippen LogP contribution in [0.2, 0.25) is 0 Å². The third-order valence-corrected chi connectivity index (χ3v) is 4.73. The molecular weight excluding hydrogens is 257 g/mol. The lowest BCUT2D eigenvalue weighted by Gasteiger charge is -2.37. The Kier molecular flexibility index (Phi) is 3.59. The molecule has 0 aromatic heterocycles. The molecular formula is C16H22FNO2. The van der Waals surface area contributed by atoms with Gasteiger partial charge in [-0.05, 0) is 37.5 Å². The first-order valence-corrected chi connectivity index (χ1v) is 7.44. The van der Waals surface area contributed by atoms with E-state index in [4.69, 9.17) is 15.2 Å². The van der Waals surface area contributed by atoms with E-state index in [-0.39, 0.29) is 12.2 Å². The van der Waals surface area contributed by atoms with E-state index in [1.54, 1.807) is 13.0 Å². The van der Waals surface area contributed by atoms with Gasteiger partial charge in [0.1, 0.15) is 6.17 Å². The summed E-state index contributed by atoms with van der Waals surface area (Å²) in [6, 6.07) is 3.69. The second-order valence-corrected chi connectivity index (χ2v) is 5.96. The number of benzene rings is 1. The van der Waals surface area contributed by atoms with Crippen molar-refractivity contribution in [1.29, 1.82) is 0 Å². The highest BCUT2D eigenvalue weighted by Crippen LogP contribution is 2.48. The van der Waals surface area contributed by atoms with E-state index in [0.29, 0.717) is 17.9 Å². The van der Waals surface area contributed by atoms with Gasteiger partial charge in [0, 0.05) is 17.5 Å². The van der Waals surface area contributed by atoms with Crippen LogP contribution in [0, 0.1) is 0 Å². The fourth-order valence-electron chi connectivity index (χ4n) is 3.47. The predicted molar refractivity (Wildman–Crippen MR) is 75.9 cm³/mol. The SMILES string of the molecule is CC(F)c1cc2c(c(C3(CN)CCCCC3)c1)OCO2. The second-order valence-electron chi connectivity index (χ2n) is 5.96. The van der Waals surface area contributed by atoms with Crippen LogP contribution in [0.5, 0.6) is 11.5 Å². The van der Waals surface area contributed by atoms with Crippen LogP contribution in [0.1, 0.15) is 56.3 Å². The maximum Gasteiger partial charge on any atom is 0.231 e. The van der Waals surface area contributed by atoms with Crippen LogP contribution in [0.4, 0.5) is 4.39 Å². The summed E-state index contributed by atoms with van der Waals surface area (Å²) in [6.45, 7) is 2.34. The summed E-state index contributed by atoms with van der Waals surface area (Å²) < 4.78 is 24.9. The molecule has 1 saturated carbocycles. The Hall–Kier alpha value is -1.29. The monoisotopic (exact) mass is 279 g/mol. The molecule has 1 atom stereocenters. The molecule has 1 aromatic carbocycles. The van der Waals surface area contributed by atoms with Crippen LogP contribution < -0.4 is 15.2 Å². The molecule has 1 unspecified atom stereocenters. The molecule has 1 aliphatic carbocycles. The number of fused-ring (bicyclic) bond motifs is 1. The fourth-order valence-corrected chi connectivity index (χ4v) is 3.47. The summed E-state index contributed by atoms with van der Waals surface area (Å²) >= 11 is 0. The third kappa shape index (κ3) is 2.16. The Morgan fingerprint density at radius 2 is 2.00 bits per heavy atom. The normalized spacial score (nSPS) is 21.8. The molecule has 1 heterocycles. The van der Waals surface area contributed by atoms with Crippen molar-refractivity contribution in [2.45, 2.75) is 50.6 Å². The van der Waals surface area contributed by atoms with Crippen LogP contribution >= 0.6 is 0 Å². The van der Waals surface area contributed by atoms with Crippen molar-refractivity contribution >= 4 is 0 Å². The van der Waals surface area contributed by atoms with Crippen molar-refractivity contribution in [2.75, 3.05) is 13.3 Å². The van der Waals surface area contributed by atoms with Crippen LogP contribution in [0.25, 0.3) is 0 Å². The quantitative estimate of drug-likeness (QED) is 0.919. The van der Waals surface area contributed by atoms with Crippen LogP contribution in [-0.4, -0.2) is 13.3 Å². The third-order valence-electron chi connectivity index (χ3n) is 4.73. The minimum absolute atomic E-state index is 0.0824. The molecule has 1 aromatic rings. The van der Waals surface area contributed by atoms with Gasteiger partial charge in [-0.15, -0.1) is 0 Å². The predicted octanol–water partition coefficient (Wildman–Crippen LogP) is 3.61. The van der Waals surface area contributed by atoms with E-state index < -0.39 is 6.17 Å². The molecule has 110 valence electrons. The Morgan fingerprint density at radius 3 is 2.65 bits per heavy atom. The Balaban J connectivity index is 2.11. The molecule has 2 aliphatic rings. The molecule has 0 saturated heterocycles. The Bertz CT molecular complexity index is 495. The highest BCUT2D eigenvalue weighted by molar-refractivity contribution is 5.54. The first kappa shape index (κ1) is 13.7. The second kappa shape index (κ2) is 5.24. The highest BCUT2D eigenvalue weighted by atomic mass is 19.1. The molecule has 3 nitrogen and oxygen atoms in total. The maximum atomic E-state index is 13.8. The average Bonchev–Trinajstić information content (AvgIpc) is 2.95. The molecule has 2 N–H and O–H groups in total. The zero-order chi connectivity index (χ0) is 14.2. The van der Waals surface area contributed by atoms with E-state index in [0.717, 1.165) is 24.2 Å². The number of ether oxygens (including phenoxy) is 2. The van der Waals surface area contributed by atoms with Crippen LogP contribution in [0.15, 0.2) is 12.1 Å². The maximum absolute atomic E-state index is 13.8. The summed E-state index contributed by atoms with van der Waals surface area (Å²) in [5, 5.41) is 0. The lowest BCUT2D eigenvalue weighted by Crippen LogP contribution is -2.37. The van der Waals surface area contributed by atoms with Gasteiger partial charge in [0.05, 0.1) is 0 Å². The molecule has 0 bridgehead atoms. The largest absolute Gasteiger partial charge is 0.454 e. The van der Waals surface area contributed by atoms with Crippen molar-refractivity contribution < 1.29 is 13.9 Å². The zero-order valence-electron chi connectivity index (χ0n) is 12.0. The van der Waals surface area contributed by atoms with Crippen molar-refractivity contribution in [3.05, 3.63) is 23.3 Å². The molecule has 0 radical (unpaired) electrons. The lowest BCUT2D eigenvalue weighted by atomic mass is 9.68. The Labute approximate surface area is 119 Å². The number of hydrogen-bond donors (Lipinski definition) is 1. The van der Waals surface area contributed by atoms with Gasteiger partial charge in [-0.2, -0.15) is 0 Å². The summed E-state index contributed by atoms with van der Waals surface area (Å²) in [5.74, 6) is 1.45. The summed E-state index contributed by atoms with van der Waals surface area (Å²) in [4.78, 5) is 0. The topological polar surface area (TPSA) is 44.5 Å². The van der Waals surface area contributed by atoms with Crippen LogP contribution in [0.3, 0.4) is 0 Å². The number of rotatable bonds is 3. The fraction of sp³-hybridized carbons (Fsp3) is 0.625. The van der Waals surface area contributed by atoms with E-state index >= 15 is 0 Å². The minimum atomic E-state index is -1.01. The van der Waals surface area contributed by atoms with Crippen molar-refractivity contribution in [2.24, 2.45) is 5.73 Å². The van der Waals surface area contributed by atoms with Gasteiger partial charge in [-0.3, -0.25) is 0 Å². The highest BCUT2D eigenvalue weighted by Gasteiger charge is 2.38. The first-order valence-electron chi connectivity index (χ1n) is 7.44. The molecule has 4 heteroatoms. The van der Waals surface area contributed by atoms with Gasteiger partial charge in [0.25, 0.3) is 0 Å². The summed E-state index contributed by atoms with van der Waals surface area (Å²) in [5.41, 5.74) is 7.72. The van der Waals surface area contributed by atoms with Gasteiger partial charge >= 0.3 is 0 Å².